The van der Waals surface area contributed by atoms with Crippen LogP contribution in [-0.2, 0) is 6.54 Å². The van der Waals surface area contributed by atoms with Gasteiger partial charge in [-0.2, -0.15) is 0 Å². The number of benzene rings is 1. The predicted octanol–water partition coefficient (Wildman–Crippen LogP) is 5.14. The first kappa shape index (κ1) is 13.7. The molecule has 19 heavy (non-hydrogen) atoms. The number of nitrogens with one attached hydrogen (secondary N) is 1. The molecule has 0 fully saturated rings. The van der Waals surface area contributed by atoms with Crippen LogP contribution in [0.5, 0.6) is 0 Å². The Morgan fingerprint density at radius 3 is 2.42 bits per heavy atom. The Kier molecular flexibility index (Phi) is 4.31. The Morgan fingerprint density at radius 2 is 1.84 bits per heavy atom. The van der Waals surface area contributed by atoms with Gasteiger partial charge in [0.05, 0.1) is 12.5 Å². The maximum Gasteiger partial charge on any atom is 0.0952 e. The Morgan fingerprint density at radius 1 is 1.05 bits per heavy atom. The van der Waals surface area contributed by atoms with E-state index in [0.717, 1.165) is 6.54 Å². The Bertz CT molecular complexity index is 512. The number of furan rings is 1. The molecule has 0 radical (unpaired) electrons. The van der Waals surface area contributed by atoms with Crippen molar-refractivity contribution in [2.45, 2.75) is 46.1 Å². The van der Waals surface area contributed by atoms with Crippen LogP contribution >= 0.6 is 0 Å². The van der Waals surface area contributed by atoms with E-state index in [9.17, 15) is 0 Å². The summed E-state index contributed by atoms with van der Waals surface area (Å²) in [4.78, 5) is 0. The standard InChI is InChI=1S/C17H23NO/c1-12(2)15-5-6-17(16(9-15)13(3)4)18-10-14-7-8-19-11-14/h5-9,11-13,18H,10H2,1-4H3. The minimum Gasteiger partial charge on any atom is -0.472 e. The Labute approximate surface area is 115 Å². The average Bonchev–Trinajstić information content (AvgIpc) is 2.89. The average molecular weight is 257 g/mol. The van der Waals surface area contributed by atoms with Gasteiger partial charge in [0.15, 0.2) is 0 Å². The van der Waals surface area contributed by atoms with Gasteiger partial charge in [0.1, 0.15) is 0 Å². The van der Waals surface area contributed by atoms with Crippen LogP contribution in [0.25, 0.3) is 0 Å². The molecule has 0 aliphatic carbocycles. The fourth-order valence-electron chi connectivity index (χ4n) is 2.17. The van der Waals surface area contributed by atoms with Gasteiger partial charge < -0.3 is 9.73 Å². The maximum absolute atomic E-state index is 5.09. The molecule has 1 heterocycles. The second-order valence-electron chi connectivity index (χ2n) is 5.64. The van der Waals surface area contributed by atoms with E-state index in [4.69, 9.17) is 4.42 Å². The first-order chi connectivity index (χ1) is 9.08. The largest absolute Gasteiger partial charge is 0.472 e. The van der Waals surface area contributed by atoms with Gasteiger partial charge >= 0.3 is 0 Å². The van der Waals surface area contributed by atoms with E-state index < -0.39 is 0 Å². The minimum absolute atomic E-state index is 0.519. The third kappa shape index (κ3) is 3.40. The highest BCUT2D eigenvalue weighted by Crippen LogP contribution is 2.28. The molecule has 0 saturated heterocycles. The molecule has 0 spiro atoms. The van der Waals surface area contributed by atoms with Crippen LogP contribution in [-0.4, -0.2) is 0 Å². The molecule has 0 amide bonds. The first-order valence-corrected chi connectivity index (χ1v) is 6.96. The van der Waals surface area contributed by atoms with E-state index in [0.29, 0.717) is 11.8 Å². The van der Waals surface area contributed by atoms with Gasteiger partial charge in [0.2, 0.25) is 0 Å². The van der Waals surface area contributed by atoms with Crippen LogP contribution in [0.1, 0.15) is 56.2 Å². The second-order valence-corrected chi connectivity index (χ2v) is 5.64. The topological polar surface area (TPSA) is 25.2 Å². The molecule has 1 aromatic heterocycles. The summed E-state index contributed by atoms with van der Waals surface area (Å²) in [5.41, 5.74) is 5.18. The normalized spacial score (nSPS) is 11.3. The fraction of sp³-hybridized carbons (Fsp3) is 0.412. The molecule has 1 N–H and O–H groups in total. The zero-order valence-electron chi connectivity index (χ0n) is 12.2. The molecule has 0 saturated carbocycles. The first-order valence-electron chi connectivity index (χ1n) is 6.96. The summed E-state index contributed by atoms with van der Waals surface area (Å²) < 4.78 is 5.09. The van der Waals surface area contributed by atoms with Crippen LogP contribution in [0.15, 0.2) is 41.2 Å². The molecule has 0 aliphatic heterocycles. The van der Waals surface area contributed by atoms with Crippen molar-refractivity contribution in [2.75, 3.05) is 5.32 Å². The summed E-state index contributed by atoms with van der Waals surface area (Å²) in [6.07, 6.45) is 3.49. The highest BCUT2D eigenvalue weighted by molar-refractivity contribution is 5.54. The highest BCUT2D eigenvalue weighted by Gasteiger charge is 2.09. The summed E-state index contributed by atoms with van der Waals surface area (Å²) >= 11 is 0. The van der Waals surface area contributed by atoms with Crippen molar-refractivity contribution in [1.82, 2.24) is 0 Å². The quantitative estimate of drug-likeness (QED) is 0.802. The lowest BCUT2D eigenvalue weighted by Crippen LogP contribution is -2.04. The van der Waals surface area contributed by atoms with E-state index in [2.05, 4.69) is 51.2 Å². The van der Waals surface area contributed by atoms with Crippen molar-refractivity contribution < 1.29 is 4.42 Å². The van der Waals surface area contributed by atoms with Crippen LogP contribution in [0, 0.1) is 0 Å². The maximum atomic E-state index is 5.09. The molecule has 2 aromatic rings. The molecule has 2 nitrogen and oxygen atoms in total. The van der Waals surface area contributed by atoms with Crippen LogP contribution < -0.4 is 5.32 Å². The minimum atomic E-state index is 0.519. The molecule has 1 aromatic carbocycles. The third-order valence-corrected chi connectivity index (χ3v) is 3.43. The molecule has 0 atom stereocenters. The SMILES string of the molecule is CC(C)c1ccc(NCc2ccoc2)c(C(C)C)c1. The fourth-order valence-corrected chi connectivity index (χ4v) is 2.17. The predicted molar refractivity (Wildman–Crippen MR) is 80.7 cm³/mol. The lowest BCUT2D eigenvalue weighted by atomic mass is 9.94. The lowest BCUT2D eigenvalue weighted by molar-refractivity contribution is 0.564. The van der Waals surface area contributed by atoms with Gasteiger partial charge in [-0.3, -0.25) is 0 Å². The van der Waals surface area contributed by atoms with Gasteiger partial charge in [-0.25, -0.2) is 0 Å². The smallest absolute Gasteiger partial charge is 0.0952 e. The van der Waals surface area contributed by atoms with Crippen molar-refractivity contribution in [3.8, 4) is 0 Å². The Balaban J connectivity index is 2.19. The van der Waals surface area contributed by atoms with E-state index in [1.807, 2.05) is 6.07 Å². The van der Waals surface area contributed by atoms with Crippen LogP contribution in [0.4, 0.5) is 5.69 Å². The third-order valence-electron chi connectivity index (χ3n) is 3.43. The summed E-state index contributed by atoms with van der Waals surface area (Å²) in [7, 11) is 0. The molecular formula is C17H23NO. The zero-order chi connectivity index (χ0) is 13.8. The summed E-state index contributed by atoms with van der Waals surface area (Å²) in [6, 6.07) is 8.73. The van der Waals surface area contributed by atoms with Crippen LogP contribution in [0.2, 0.25) is 0 Å². The summed E-state index contributed by atoms with van der Waals surface area (Å²) in [5, 5.41) is 3.50. The molecule has 102 valence electrons. The van der Waals surface area contributed by atoms with E-state index in [1.54, 1.807) is 12.5 Å². The molecule has 0 bridgehead atoms. The summed E-state index contributed by atoms with van der Waals surface area (Å²) in [5.74, 6) is 1.09. The number of rotatable bonds is 5. The van der Waals surface area contributed by atoms with E-state index >= 15 is 0 Å². The van der Waals surface area contributed by atoms with Gasteiger partial charge in [-0.05, 0) is 35.1 Å². The molecule has 2 heteroatoms. The molecular weight excluding hydrogens is 234 g/mol. The van der Waals surface area contributed by atoms with E-state index in [-0.39, 0.29) is 0 Å². The lowest BCUT2D eigenvalue weighted by Gasteiger charge is -2.17. The highest BCUT2D eigenvalue weighted by atomic mass is 16.3. The monoisotopic (exact) mass is 257 g/mol. The van der Waals surface area contributed by atoms with Crippen molar-refractivity contribution in [3.63, 3.8) is 0 Å². The number of anilines is 1. The van der Waals surface area contributed by atoms with Crippen molar-refractivity contribution in [3.05, 3.63) is 53.5 Å². The van der Waals surface area contributed by atoms with Crippen molar-refractivity contribution >= 4 is 5.69 Å². The van der Waals surface area contributed by atoms with Gasteiger partial charge in [-0.1, -0.05) is 39.8 Å². The number of hydrogen-bond donors (Lipinski definition) is 1. The van der Waals surface area contributed by atoms with E-state index in [1.165, 1.54) is 22.4 Å². The number of hydrogen-bond acceptors (Lipinski definition) is 2. The summed E-state index contributed by atoms with van der Waals surface area (Å²) in [6.45, 7) is 9.75. The van der Waals surface area contributed by atoms with Gasteiger partial charge in [-0.15, -0.1) is 0 Å². The van der Waals surface area contributed by atoms with Crippen molar-refractivity contribution in [2.24, 2.45) is 0 Å². The Hall–Kier alpha value is -1.70. The van der Waals surface area contributed by atoms with Crippen molar-refractivity contribution in [1.29, 1.82) is 0 Å². The second kappa shape index (κ2) is 5.96. The van der Waals surface area contributed by atoms with Gasteiger partial charge in [0.25, 0.3) is 0 Å². The molecule has 2 rings (SSSR count). The molecule has 0 aliphatic rings. The van der Waals surface area contributed by atoms with Crippen LogP contribution in [0.3, 0.4) is 0 Å². The zero-order valence-corrected chi connectivity index (χ0v) is 12.2. The van der Waals surface area contributed by atoms with Gasteiger partial charge in [0, 0.05) is 17.8 Å². The molecule has 0 unspecified atom stereocenters.